The minimum atomic E-state index is -0.957. The highest BCUT2D eigenvalue weighted by Crippen LogP contribution is 2.32. The van der Waals surface area contributed by atoms with Gasteiger partial charge in [0.05, 0.1) is 12.7 Å². The summed E-state index contributed by atoms with van der Waals surface area (Å²) in [5, 5.41) is 18.8. The molecule has 0 saturated heterocycles. The molecule has 0 aliphatic heterocycles. The minimum Gasteiger partial charge on any atom is -0.480 e. The Hall–Kier alpha value is -1.92. The lowest BCUT2D eigenvalue weighted by Crippen LogP contribution is -2.42. The largest absolute Gasteiger partial charge is 0.480 e. The number of carboxylic acid groups (broad SMARTS) is 1. The van der Waals surface area contributed by atoms with E-state index in [4.69, 9.17) is 5.11 Å². The smallest absolute Gasteiger partial charge is 0.326 e. The van der Waals surface area contributed by atoms with Crippen molar-refractivity contribution in [3.63, 3.8) is 0 Å². The van der Waals surface area contributed by atoms with Crippen LogP contribution in [0.2, 0.25) is 0 Å². The third kappa shape index (κ3) is 3.27. The van der Waals surface area contributed by atoms with Gasteiger partial charge in [-0.15, -0.1) is 5.10 Å². The fraction of sp³-hybridized carbons (Fsp3) is 0.600. The van der Waals surface area contributed by atoms with Crippen LogP contribution in [0.3, 0.4) is 0 Å². The zero-order valence-electron chi connectivity index (χ0n) is 9.24. The molecule has 92 valence electrons. The monoisotopic (exact) mass is 238 g/mol. The van der Waals surface area contributed by atoms with E-state index >= 15 is 0 Å². The fourth-order valence-corrected chi connectivity index (χ4v) is 1.62. The van der Waals surface area contributed by atoms with E-state index in [9.17, 15) is 9.59 Å². The molecule has 2 rings (SSSR count). The van der Waals surface area contributed by atoms with Crippen molar-refractivity contribution < 1.29 is 14.7 Å². The second kappa shape index (κ2) is 4.94. The lowest BCUT2D eigenvalue weighted by atomic mass is 10.2. The first-order valence-corrected chi connectivity index (χ1v) is 5.53. The van der Waals surface area contributed by atoms with Crippen LogP contribution in [0.4, 0.5) is 0 Å². The third-order valence-corrected chi connectivity index (χ3v) is 2.72. The van der Waals surface area contributed by atoms with Crippen molar-refractivity contribution >= 4 is 11.9 Å². The maximum absolute atomic E-state index is 11.5. The van der Waals surface area contributed by atoms with Crippen LogP contribution in [0.15, 0.2) is 12.4 Å². The number of nitrogens with one attached hydrogen (secondary N) is 1. The highest BCUT2D eigenvalue weighted by molar-refractivity contribution is 5.83. The Kier molecular flexibility index (Phi) is 3.36. The van der Waals surface area contributed by atoms with Crippen molar-refractivity contribution in [1.29, 1.82) is 0 Å². The van der Waals surface area contributed by atoms with Gasteiger partial charge in [-0.1, -0.05) is 5.21 Å². The summed E-state index contributed by atoms with van der Waals surface area (Å²) in [6, 6.07) is -0.738. The number of nitrogens with zero attached hydrogens (tertiary/aromatic N) is 3. The molecule has 1 saturated carbocycles. The number of aromatic nitrogens is 3. The van der Waals surface area contributed by atoms with Crippen LogP contribution in [0, 0.1) is 5.92 Å². The molecular weight excluding hydrogens is 224 g/mol. The number of rotatable bonds is 6. The molecule has 1 fully saturated rings. The molecule has 7 heteroatoms. The molecule has 1 atom stereocenters. The summed E-state index contributed by atoms with van der Waals surface area (Å²) >= 11 is 0. The van der Waals surface area contributed by atoms with Crippen LogP contribution in [-0.2, 0) is 16.1 Å². The van der Waals surface area contributed by atoms with Gasteiger partial charge in [-0.25, -0.2) is 4.79 Å². The molecule has 1 aromatic heterocycles. The molecule has 17 heavy (non-hydrogen) atoms. The highest BCUT2D eigenvalue weighted by Gasteiger charge is 2.37. The predicted molar refractivity (Wildman–Crippen MR) is 56.9 cm³/mol. The number of aliphatic carboxylic acids is 1. The molecule has 1 aliphatic carbocycles. The predicted octanol–water partition coefficient (Wildman–Crippen LogP) is -0.352. The van der Waals surface area contributed by atoms with Gasteiger partial charge in [0, 0.05) is 12.6 Å². The van der Waals surface area contributed by atoms with Crippen LogP contribution in [0.5, 0.6) is 0 Å². The van der Waals surface area contributed by atoms with Gasteiger partial charge in [-0.05, 0) is 18.8 Å². The fourth-order valence-electron chi connectivity index (χ4n) is 1.62. The van der Waals surface area contributed by atoms with Crippen molar-refractivity contribution in [3.8, 4) is 0 Å². The molecule has 1 aromatic rings. The summed E-state index contributed by atoms with van der Waals surface area (Å²) in [4.78, 5) is 22.5. The van der Waals surface area contributed by atoms with Crippen LogP contribution in [0.1, 0.15) is 19.3 Å². The first-order valence-electron chi connectivity index (χ1n) is 5.53. The number of carbonyl (C=O) groups is 2. The van der Waals surface area contributed by atoms with Crippen molar-refractivity contribution in [3.05, 3.63) is 12.4 Å². The zero-order valence-corrected chi connectivity index (χ0v) is 9.24. The number of carbonyl (C=O) groups excluding carboxylic acids is 1. The summed E-state index contributed by atoms with van der Waals surface area (Å²) in [6.07, 6.45) is 5.14. The van der Waals surface area contributed by atoms with E-state index in [-0.39, 0.29) is 18.2 Å². The molecule has 1 amide bonds. The Morgan fingerprint density at radius 3 is 2.82 bits per heavy atom. The average Bonchev–Trinajstić information content (AvgIpc) is 2.99. The maximum Gasteiger partial charge on any atom is 0.326 e. The van der Waals surface area contributed by atoms with Gasteiger partial charge in [-0.2, -0.15) is 0 Å². The SMILES string of the molecule is O=C(CCn1ccnn1)NC(C(=O)O)C1CC1. The van der Waals surface area contributed by atoms with Gasteiger partial charge in [0.25, 0.3) is 0 Å². The number of hydrogen-bond acceptors (Lipinski definition) is 4. The molecule has 0 spiro atoms. The third-order valence-electron chi connectivity index (χ3n) is 2.72. The molecule has 0 radical (unpaired) electrons. The number of hydrogen-bond donors (Lipinski definition) is 2. The van der Waals surface area contributed by atoms with E-state index in [1.165, 1.54) is 10.9 Å². The van der Waals surface area contributed by atoms with Crippen molar-refractivity contribution in [2.24, 2.45) is 5.92 Å². The van der Waals surface area contributed by atoms with E-state index in [0.717, 1.165) is 12.8 Å². The Morgan fingerprint density at radius 1 is 1.53 bits per heavy atom. The molecule has 1 aliphatic rings. The van der Waals surface area contributed by atoms with E-state index in [1.54, 1.807) is 6.20 Å². The Balaban J connectivity index is 1.77. The van der Waals surface area contributed by atoms with E-state index < -0.39 is 12.0 Å². The van der Waals surface area contributed by atoms with Gasteiger partial charge in [0.1, 0.15) is 6.04 Å². The summed E-state index contributed by atoms with van der Waals surface area (Å²) < 4.78 is 1.53. The van der Waals surface area contributed by atoms with Crippen molar-refractivity contribution in [2.45, 2.75) is 31.8 Å². The first-order chi connectivity index (χ1) is 8.16. The Bertz CT molecular complexity index is 400. The second-order valence-corrected chi connectivity index (χ2v) is 4.14. The van der Waals surface area contributed by atoms with Crippen molar-refractivity contribution in [2.75, 3.05) is 0 Å². The van der Waals surface area contributed by atoms with Gasteiger partial charge in [0.2, 0.25) is 5.91 Å². The van der Waals surface area contributed by atoms with Gasteiger partial charge in [0.15, 0.2) is 0 Å². The summed E-state index contributed by atoms with van der Waals surface area (Å²) in [7, 11) is 0. The lowest BCUT2D eigenvalue weighted by Gasteiger charge is -2.13. The van der Waals surface area contributed by atoms with Crippen LogP contribution < -0.4 is 5.32 Å². The average molecular weight is 238 g/mol. The van der Waals surface area contributed by atoms with Gasteiger partial charge < -0.3 is 10.4 Å². The molecule has 1 heterocycles. The van der Waals surface area contributed by atoms with E-state index in [1.807, 2.05) is 0 Å². The van der Waals surface area contributed by atoms with Gasteiger partial charge >= 0.3 is 5.97 Å². The topological polar surface area (TPSA) is 97.1 Å². The molecule has 1 unspecified atom stereocenters. The Morgan fingerprint density at radius 2 is 2.29 bits per heavy atom. The summed E-state index contributed by atoms with van der Waals surface area (Å²) in [5.41, 5.74) is 0. The van der Waals surface area contributed by atoms with E-state index in [2.05, 4.69) is 15.6 Å². The van der Waals surface area contributed by atoms with Gasteiger partial charge in [-0.3, -0.25) is 9.48 Å². The van der Waals surface area contributed by atoms with Crippen LogP contribution >= 0.6 is 0 Å². The number of aryl methyl sites for hydroxylation is 1. The normalized spacial score (nSPS) is 16.5. The molecule has 0 aromatic carbocycles. The number of carboxylic acids is 1. The highest BCUT2D eigenvalue weighted by atomic mass is 16.4. The van der Waals surface area contributed by atoms with Crippen LogP contribution in [-0.4, -0.2) is 38.0 Å². The zero-order chi connectivity index (χ0) is 12.3. The number of amides is 1. The van der Waals surface area contributed by atoms with Crippen LogP contribution in [0.25, 0.3) is 0 Å². The molecular formula is C10H14N4O3. The molecule has 7 nitrogen and oxygen atoms in total. The molecule has 0 bridgehead atoms. The van der Waals surface area contributed by atoms with Crippen molar-refractivity contribution in [1.82, 2.24) is 20.3 Å². The standard InChI is InChI=1S/C10H14N4O3/c15-8(3-5-14-6-4-11-13-14)12-9(10(16)17)7-1-2-7/h4,6-7,9H,1-3,5H2,(H,12,15)(H,16,17). The lowest BCUT2D eigenvalue weighted by molar-refractivity contribution is -0.142. The Labute approximate surface area is 97.8 Å². The first kappa shape index (κ1) is 11.6. The quantitative estimate of drug-likeness (QED) is 0.705. The summed E-state index contributed by atoms with van der Waals surface area (Å²) in [5.74, 6) is -1.12. The second-order valence-electron chi connectivity index (χ2n) is 4.14. The molecule has 2 N–H and O–H groups in total. The van der Waals surface area contributed by atoms with E-state index in [0.29, 0.717) is 6.54 Å². The summed E-state index contributed by atoms with van der Waals surface area (Å²) in [6.45, 7) is 0.406. The minimum absolute atomic E-state index is 0.0998. The maximum atomic E-state index is 11.5.